The number of hydrogen-bond acceptors (Lipinski definition) is 14. The molecule has 4 fully saturated rings. The first kappa shape index (κ1) is 76.1. The van der Waals surface area contributed by atoms with Crippen molar-refractivity contribution in [2.24, 2.45) is 0 Å². The van der Waals surface area contributed by atoms with Crippen LogP contribution in [0.1, 0.15) is 176 Å². The van der Waals surface area contributed by atoms with Crippen molar-refractivity contribution in [2.75, 3.05) is 40.4 Å². The lowest BCUT2D eigenvalue weighted by Crippen LogP contribution is -2.46. The van der Waals surface area contributed by atoms with Crippen LogP contribution in [-0.2, 0) is 0 Å². The van der Waals surface area contributed by atoms with E-state index in [0.29, 0.717) is 54.2 Å². The lowest BCUT2D eigenvalue weighted by atomic mass is 9.94. The van der Waals surface area contributed by atoms with E-state index in [2.05, 4.69) is 83.3 Å². The van der Waals surface area contributed by atoms with Gasteiger partial charge in [-0.2, -0.15) is 9.65 Å². The second-order valence-corrected chi connectivity index (χ2v) is 26.0. The van der Waals surface area contributed by atoms with Crippen molar-refractivity contribution in [2.45, 2.75) is 108 Å². The lowest BCUT2D eigenvalue weighted by Gasteiger charge is -2.38. The van der Waals surface area contributed by atoms with Gasteiger partial charge < -0.3 is 29.1 Å². The molecule has 0 radical (unpaired) electrons. The van der Waals surface area contributed by atoms with Crippen LogP contribution in [0.5, 0.6) is 11.5 Å². The molecule has 0 aliphatic carbocycles. The van der Waals surface area contributed by atoms with Crippen LogP contribution >= 0.6 is 48.9 Å². The van der Waals surface area contributed by atoms with Crippen LogP contribution < -0.4 is 30.7 Å². The van der Waals surface area contributed by atoms with Crippen LogP contribution in [0.4, 0.5) is 13.2 Å². The smallest absolute Gasteiger partial charge is 0.276 e. The molecule has 4 aliphatic heterocycles. The Bertz CT molecular complexity index is 4280. The fourth-order valence-electron chi connectivity index (χ4n) is 12.7. The van der Waals surface area contributed by atoms with Gasteiger partial charge in [-0.25, -0.2) is 13.8 Å². The summed E-state index contributed by atoms with van der Waals surface area (Å²) in [6.45, 7) is 5.19. The Labute approximate surface area is 614 Å². The van der Waals surface area contributed by atoms with E-state index in [1.165, 1.54) is 92.1 Å². The first-order valence-corrected chi connectivity index (χ1v) is 35.3. The van der Waals surface area contributed by atoms with Gasteiger partial charge in [-0.3, -0.25) is 50.4 Å². The van der Waals surface area contributed by atoms with Crippen LogP contribution in [0.15, 0.2) is 183 Å². The molecule has 18 nitrogen and oxygen atoms in total. The highest BCUT2D eigenvalue weighted by Crippen LogP contribution is 2.36. The Morgan fingerprint density at radius 3 is 1.30 bits per heavy atom. The number of piperidine rings is 4. The molecule has 102 heavy (non-hydrogen) atoms. The quantitative estimate of drug-likeness (QED) is 0.0741. The molecule has 0 saturated carbocycles. The molecular formula is C77H79F3N12O6S4. The van der Waals surface area contributed by atoms with E-state index in [-0.39, 0.29) is 53.4 Å². The lowest BCUT2D eigenvalue weighted by molar-refractivity contribution is 0.0956. The number of nitrogens with zero attached hydrogens (tertiary/aromatic N) is 8. The SMILES string of the molecule is COc1cccc(C(=O)NC(=S)N2CCCCC2c2cccnc2)c1OC.Cc1cccc(C2CCCCN2C(=S)NC(=O)c2ccc(F)cc2)c1.N#Cc1cccc(C2CCCCN2C(=S)NC(=O)c2ccc(F)cc2)c1.O=C(NC(=S)N1CCCCC1c1cccnc1)c1cccc(F)n1. The van der Waals surface area contributed by atoms with E-state index in [1.807, 2.05) is 64.7 Å². The summed E-state index contributed by atoms with van der Waals surface area (Å²) >= 11 is 22.0. The number of ether oxygens (including phenoxy) is 2. The van der Waals surface area contributed by atoms with Crippen molar-refractivity contribution in [3.63, 3.8) is 0 Å². The summed E-state index contributed by atoms with van der Waals surface area (Å²) in [7, 11) is 3.05. The minimum Gasteiger partial charge on any atom is -0.493 e. The van der Waals surface area contributed by atoms with E-state index in [0.717, 1.165) is 120 Å². The van der Waals surface area contributed by atoms with Crippen molar-refractivity contribution in [3.8, 4) is 17.6 Å². The van der Waals surface area contributed by atoms with Gasteiger partial charge in [0.2, 0.25) is 5.95 Å². The van der Waals surface area contributed by atoms with Gasteiger partial charge >= 0.3 is 0 Å². The number of nitriles is 1. The van der Waals surface area contributed by atoms with E-state index < -0.39 is 17.7 Å². The van der Waals surface area contributed by atoms with Crippen molar-refractivity contribution in [1.29, 1.82) is 5.26 Å². The topological polar surface area (TPSA) is 210 Å². The van der Waals surface area contributed by atoms with Gasteiger partial charge in [0.1, 0.15) is 17.3 Å². The molecule has 528 valence electrons. The maximum Gasteiger partial charge on any atom is 0.276 e. The van der Waals surface area contributed by atoms with Gasteiger partial charge in [0.15, 0.2) is 31.9 Å². The maximum atomic E-state index is 13.2. The Hall–Kier alpha value is -10.1. The van der Waals surface area contributed by atoms with E-state index in [9.17, 15) is 32.3 Å². The highest BCUT2D eigenvalue weighted by Gasteiger charge is 2.32. The molecule has 4 saturated heterocycles. The number of methoxy groups -OCH3 is 2. The summed E-state index contributed by atoms with van der Waals surface area (Å²) in [5.41, 5.74) is 7.37. The van der Waals surface area contributed by atoms with Gasteiger partial charge in [0, 0.05) is 62.1 Å². The second kappa shape index (κ2) is 38.1. The number of carbonyl (C=O) groups excluding carboxylic acids is 4. The third-order valence-electron chi connectivity index (χ3n) is 17.7. The number of hydrogen-bond donors (Lipinski definition) is 4. The summed E-state index contributed by atoms with van der Waals surface area (Å²) < 4.78 is 49.8. The number of benzene rings is 5. The van der Waals surface area contributed by atoms with E-state index in [4.69, 9.17) is 63.6 Å². The van der Waals surface area contributed by atoms with Crippen LogP contribution in [0.25, 0.3) is 0 Å². The molecule has 12 rings (SSSR count). The number of amides is 4. The largest absolute Gasteiger partial charge is 0.493 e. The molecule has 0 bridgehead atoms. The Morgan fingerprint density at radius 1 is 0.471 bits per heavy atom. The number of aromatic nitrogens is 3. The molecule has 8 aromatic rings. The van der Waals surface area contributed by atoms with Crippen LogP contribution in [0.2, 0.25) is 0 Å². The average molecular weight is 1450 g/mol. The summed E-state index contributed by atoms with van der Waals surface area (Å²) in [5, 5.41) is 21.7. The number of thiocarbonyl (C=S) groups is 4. The normalized spacial score (nSPS) is 16.9. The third kappa shape index (κ3) is 21.0. The first-order valence-electron chi connectivity index (χ1n) is 33.6. The Kier molecular flexibility index (Phi) is 28.4. The molecule has 4 N–H and O–H groups in total. The highest BCUT2D eigenvalue weighted by molar-refractivity contribution is 7.80. The minimum absolute atomic E-state index is 0.00675. The number of carbonyl (C=O) groups is 4. The highest BCUT2D eigenvalue weighted by atomic mass is 32.1. The fraction of sp³-hybridized carbons (Fsp3) is 0.299. The third-order valence-corrected chi connectivity index (χ3v) is 19.1. The van der Waals surface area contributed by atoms with E-state index in [1.54, 1.807) is 36.7 Å². The van der Waals surface area contributed by atoms with Crippen LogP contribution in [-0.4, -0.2) is 119 Å². The number of pyridine rings is 3. The average Bonchev–Trinajstić information content (AvgIpc) is 0.835. The Morgan fingerprint density at radius 2 is 0.882 bits per heavy atom. The molecule has 4 aliphatic rings. The number of nitrogens with one attached hydrogen (secondary N) is 4. The Balaban J connectivity index is 0.000000158. The standard InChI is InChI=1S/C20H18FN3OS.C20H21FN2OS.C20H23N3O3S.C17H17FN4OS/c21-17-9-7-15(8-10-17)19(25)23-20(26)24-11-2-1-6-18(24)16-5-3-4-14(12-16)13-22;1-14-5-4-6-16(13-14)18-7-2-3-12-23(18)20(25)22-19(24)15-8-10-17(21)11-9-15;1-25-17-10-5-8-15(18(17)26-2)19(24)22-20(27)23-12-4-3-9-16(23)14-7-6-11-21-13-14;18-15-8-3-6-13(20-15)16(23)21-17(24)22-10-2-1-7-14(22)12-5-4-9-19-11-12/h3-5,7-10,12,18H,1-2,6,11H2,(H,23,25,26);4-6,8-11,13,18H,2-3,7,12H2,1H3,(H,22,24,25);5-8,10-11,13,16H,3-4,9,12H2,1-2H3,(H,22,24,27);3-6,8-9,11,14H,1-2,7,10H2,(H,21,23,24). The molecule has 4 atom stereocenters. The zero-order chi connectivity index (χ0) is 72.5. The number of rotatable bonds is 10. The monoisotopic (exact) mass is 1450 g/mol. The van der Waals surface area contributed by atoms with Gasteiger partial charge in [-0.15, -0.1) is 0 Å². The molecule has 7 heterocycles. The fourth-order valence-corrected chi connectivity index (χ4v) is 13.9. The van der Waals surface area contributed by atoms with Crippen molar-refractivity contribution in [3.05, 3.63) is 256 Å². The summed E-state index contributed by atoms with van der Waals surface area (Å²) in [5.74, 6) is -2.04. The van der Waals surface area contributed by atoms with Gasteiger partial charge in [0.25, 0.3) is 23.6 Å². The van der Waals surface area contributed by atoms with Crippen LogP contribution in [0, 0.1) is 35.8 Å². The molecular weight excluding hydrogens is 1370 g/mol. The number of likely N-dealkylation sites (tertiary alicyclic amines) is 4. The minimum atomic E-state index is -0.695. The van der Waals surface area contributed by atoms with E-state index >= 15 is 0 Å². The molecule has 0 spiro atoms. The van der Waals surface area contributed by atoms with Crippen molar-refractivity contribution in [1.82, 2.24) is 55.8 Å². The van der Waals surface area contributed by atoms with Gasteiger partial charge in [0.05, 0.1) is 55.6 Å². The number of aryl methyl sites for hydroxylation is 1. The van der Waals surface area contributed by atoms with Crippen molar-refractivity contribution >= 4 is 92.9 Å². The first-order chi connectivity index (χ1) is 49.4. The van der Waals surface area contributed by atoms with Crippen LogP contribution in [0.3, 0.4) is 0 Å². The van der Waals surface area contributed by atoms with Gasteiger partial charge in [-0.1, -0.05) is 66.2 Å². The molecule has 4 amide bonds. The zero-order valence-corrected chi connectivity index (χ0v) is 60.0. The predicted octanol–water partition coefficient (Wildman–Crippen LogP) is 14.5. The molecule has 5 aromatic carbocycles. The summed E-state index contributed by atoms with van der Waals surface area (Å²) in [6.07, 6.45) is 19.5. The van der Waals surface area contributed by atoms with Gasteiger partial charge in [-0.05, 0) is 252 Å². The van der Waals surface area contributed by atoms with Crippen molar-refractivity contribution < 1.29 is 41.8 Å². The molecule has 3 aromatic heterocycles. The maximum absolute atomic E-state index is 13.2. The summed E-state index contributed by atoms with van der Waals surface area (Å²) in [4.78, 5) is 69.9. The molecule has 4 unspecified atom stereocenters. The molecule has 25 heteroatoms. The number of para-hydroxylation sites is 1. The zero-order valence-electron chi connectivity index (χ0n) is 56.7. The second-order valence-electron chi connectivity index (χ2n) is 24.5. The number of halogens is 3. The summed E-state index contributed by atoms with van der Waals surface area (Å²) in [6, 6.07) is 46.4. The predicted molar refractivity (Wildman–Crippen MR) is 401 cm³/mol.